The maximum absolute atomic E-state index is 10.5. The van der Waals surface area contributed by atoms with Gasteiger partial charge in [0.2, 0.25) is 0 Å². The zero-order chi connectivity index (χ0) is 15.2. The number of thiocarbonyl (C=S) groups is 1. The van der Waals surface area contributed by atoms with Gasteiger partial charge in [0.1, 0.15) is 4.92 Å². The molecule has 2 rings (SSSR count). The first kappa shape index (κ1) is 14.7. The number of nitro groups is 1. The van der Waals surface area contributed by atoms with Crippen molar-refractivity contribution >= 4 is 35.1 Å². The summed E-state index contributed by atoms with van der Waals surface area (Å²) in [7, 11) is 0. The van der Waals surface area contributed by atoms with Crippen molar-refractivity contribution in [2.45, 2.75) is 6.92 Å². The molecule has 0 aliphatic rings. The predicted molar refractivity (Wildman–Crippen MR) is 83.5 cm³/mol. The zero-order valence-electron chi connectivity index (χ0n) is 11.1. The van der Waals surface area contributed by atoms with Gasteiger partial charge in [-0.3, -0.25) is 15.5 Å². The fraction of sp³-hybridized carbons (Fsp3) is 0.0769. The molecular weight excluding hydrogens is 292 g/mol. The third-order valence-corrected chi connectivity index (χ3v) is 2.74. The summed E-state index contributed by atoms with van der Waals surface area (Å²) in [6, 6.07) is 10.4. The third kappa shape index (κ3) is 4.11. The number of hydrogen-bond donors (Lipinski definition) is 2. The molecule has 1 aromatic heterocycles. The van der Waals surface area contributed by atoms with Crippen LogP contribution in [-0.4, -0.2) is 16.3 Å². The Bertz CT molecular complexity index is 696. The summed E-state index contributed by atoms with van der Waals surface area (Å²) in [5, 5.41) is 17.6. The van der Waals surface area contributed by atoms with Crippen LogP contribution in [0.2, 0.25) is 0 Å². The van der Waals surface area contributed by atoms with Crippen LogP contribution >= 0.6 is 12.2 Å². The number of rotatable bonds is 4. The third-order valence-electron chi connectivity index (χ3n) is 2.54. The van der Waals surface area contributed by atoms with Gasteiger partial charge >= 0.3 is 5.88 Å². The average Bonchev–Trinajstić information content (AvgIpc) is 2.90. The SMILES string of the molecule is Cc1ccccc1NC(=S)N/N=C\c1ccc([N+](=O)[O-])o1. The van der Waals surface area contributed by atoms with Gasteiger partial charge in [0.25, 0.3) is 0 Å². The van der Waals surface area contributed by atoms with Crippen LogP contribution in [0.25, 0.3) is 0 Å². The van der Waals surface area contributed by atoms with Gasteiger partial charge in [0.05, 0.1) is 12.3 Å². The van der Waals surface area contributed by atoms with E-state index in [1.54, 1.807) is 0 Å². The van der Waals surface area contributed by atoms with Crippen molar-refractivity contribution in [1.82, 2.24) is 5.43 Å². The lowest BCUT2D eigenvalue weighted by atomic mass is 10.2. The van der Waals surface area contributed by atoms with Crippen molar-refractivity contribution in [2.24, 2.45) is 5.10 Å². The Balaban J connectivity index is 1.90. The minimum absolute atomic E-state index is 0.257. The van der Waals surface area contributed by atoms with Crippen LogP contribution in [0.1, 0.15) is 11.3 Å². The Kier molecular flexibility index (Phi) is 4.62. The smallest absolute Gasteiger partial charge is 0.400 e. The fourth-order valence-electron chi connectivity index (χ4n) is 1.53. The van der Waals surface area contributed by atoms with Gasteiger partial charge < -0.3 is 9.73 Å². The maximum atomic E-state index is 10.5. The molecule has 0 fully saturated rings. The van der Waals surface area contributed by atoms with Gasteiger partial charge in [-0.1, -0.05) is 18.2 Å². The van der Waals surface area contributed by atoms with Gasteiger partial charge in [-0.05, 0) is 36.8 Å². The Hall–Kier alpha value is -2.74. The first-order chi connectivity index (χ1) is 10.1. The summed E-state index contributed by atoms with van der Waals surface area (Å²) in [6.07, 6.45) is 1.30. The summed E-state index contributed by atoms with van der Waals surface area (Å²) >= 11 is 5.08. The summed E-state index contributed by atoms with van der Waals surface area (Å²) in [4.78, 5) is 9.84. The number of furan rings is 1. The Morgan fingerprint density at radius 3 is 2.81 bits per heavy atom. The highest BCUT2D eigenvalue weighted by Gasteiger charge is 2.10. The van der Waals surface area contributed by atoms with Crippen LogP contribution in [0.4, 0.5) is 11.6 Å². The van der Waals surface area contributed by atoms with Crippen LogP contribution < -0.4 is 10.7 Å². The lowest BCUT2D eigenvalue weighted by molar-refractivity contribution is -0.402. The van der Waals surface area contributed by atoms with E-state index >= 15 is 0 Å². The molecule has 1 heterocycles. The molecule has 0 unspecified atom stereocenters. The molecule has 2 aromatic rings. The van der Waals surface area contributed by atoms with Crippen LogP contribution in [-0.2, 0) is 0 Å². The van der Waals surface area contributed by atoms with Crippen LogP contribution in [0, 0.1) is 17.0 Å². The molecule has 0 spiro atoms. The predicted octanol–water partition coefficient (Wildman–Crippen LogP) is 2.82. The molecule has 1 aromatic carbocycles. The summed E-state index contributed by atoms with van der Waals surface area (Å²) in [6.45, 7) is 1.95. The van der Waals surface area contributed by atoms with Crippen LogP contribution in [0.3, 0.4) is 0 Å². The van der Waals surface area contributed by atoms with Gasteiger partial charge in [0, 0.05) is 5.69 Å². The van der Waals surface area contributed by atoms with Crippen molar-refractivity contribution in [1.29, 1.82) is 0 Å². The summed E-state index contributed by atoms with van der Waals surface area (Å²) in [5.74, 6) is -0.0787. The lowest BCUT2D eigenvalue weighted by Gasteiger charge is -2.08. The number of nitrogens with one attached hydrogen (secondary N) is 2. The van der Waals surface area contributed by atoms with E-state index < -0.39 is 4.92 Å². The molecule has 0 amide bonds. The molecule has 0 atom stereocenters. The summed E-state index contributed by atoms with van der Waals surface area (Å²) in [5.41, 5.74) is 4.53. The molecule has 0 aliphatic carbocycles. The number of anilines is 1. The van der Waals surface area contributed by atoms with E-state index in [2.05, 4.69) is 15.8 Å². The highest BCUT2D eigenvalue weighted by atomic mass is 32.1. The number of aryl methyl sites for hydroxylation is 1. The molecular formula is C13H12N4O3S. The standard InChI is InChI=1S/C13H12N4O3S/c1-9-4-2-3-5-11(9)15-13(21)16-14-8-10-6-7-12(20-10)17(18)19/h2-8H,1H3,(H2,15,16,21)/b14-8-. The topological polar surface area (TPSA) is 92.7 Å². The lowest BCUT2D eigenvalue weighted by Crippen LogP contribution is -2.24. The molecule has 7 nitrogen and oxygen atoms in total. The molecule has 8 heteroatoms. The fourth-order valence-corrected chi connectivity index (χ4v) is 1.69. The second kappa shape index (κ2) is 6.62. The second-order valence-corrected chi connectivity index (χ2v) is 4.48. The zero-order valence-corrected chi connectivity index (χ0v) is 11.9. The quantitative estimate of drug-likeness (QED) is 0.390. The van der Waals surface area contributed by atoms with Gasteiger partial charge in [-0.15, -0.1) is 0 Å². The van der Waals surface area contributed by atoms with Crippen molar-refractivity contribution in [3.8, 4) is 0 Å². The van der Waals surface area contributed by atoms with Crippen LogP contribution in [0.5, 0.6) is 0 Å². The molecule has 0 radical (unpaired) electrons. The number of hydrogen-bond acceptors (Lipinski definition) is 5. The average molecular weight is 304 g/mol. The Morgan fingerprint density at radius 2 is 2.14 bits per heavy atom. The van der Waals surface area contributed by atoms with Gasteiger partial charge in [-0.25, -0.2) is 0 Å². The maximum Gasteiger partial charge on any atom is 0.433 e. The van der Waals surface area contributed by atoms with Gasteiger partial charge in [-0.2, -0.15) is 5.10 Å². The monoisotopic (exact) mass is 304 g/mol. The number of hydrazone groups is 1. The van der Waals surface area contributed by atoms with E-state index in [1.807, 2.05) is 31.2 Å². The minimum atomic E-state index is -0.616. The van der Waals surface area contributed by atoms with E-state index in [0.29, 0.717) is 5.11 Å². The largest absolute Gasteiger partial charge is 0.433 e. The van der Waals surface area contributed by atoms with Crippen molar-refractivity contribution in [2.75, 3.05) is 5.32 Å². The number of nitrogens with zero attached hydrogens (tertiary/aromatic N) is 2. The number of benzene rings is 1. The molecule has 0 aliphatic heterocycles. The van der Waals surface area contributed by atoms with E-state index in [1.165, 1.54) is 18.3 Å². The highest BCUT2D eigenvalue weighted by molar-refractivity contribution is 7.80. The highest BCUT2D eigenvalue weighted by Crippen LogP contribution is 2.14. The Labute approximate surface area is 125 Å². The summed E-state index contributed by atoms with van der Waals surface area (Å²) < 4.78 is 4.91. The normalized spacial score (nSPS) is 10.5. The molecule has 21 heavy (non-hydrogen) atoms. The molecule has 108 valence electrons. The van der Waals surface area contributed by atoms with E-state index in [-0.39, 0.29) is 11.6 Å². The molecule has 0 saturated heterocycles. The van der Waals surface area contributed by atoms with Gasteiger partial charge in [0.15, 0.2) is 10.9 Å². The van der Waals surface area contributed by atoms with Crippen LogP contribution in [0.15, 0.2) is 45.9 Å². The first-order valence-corrected chi connectivity index (χ1v) is 6.37. The Morgan fingerprint density at radius 1 is 1.38 bits per heavy atom. The minimum Gasteiger partial charge on any atom is -0.400 e. The number of para-hydroxylation sites is 1. The second-order valence-electron chi connectivity index (χ2n) is 4.07. The molecule has 0 bridgehead atoms. The van der Waals surface area contributed by atoms with Crippen molar-refractivity contribution in [3.05, 3.63) is 57.8 Å². The molecule has 2 N–H and O–H groups in total. The van der Waals surface area contributed by atoms with E-state index in [4.69, 9.17) is 16.6 Å². The first-order valence-electron chi connectivity index (χ1n) is 5.96. The van der Waals surface area contributed by atoms with Crippen molar-refractivity contribution < 1.29 is 9.34 Å². The van der Waals surface area contributed by atoms with Crippen molar-refractivity contribution in [3.63, 3.8) is 0 Å². The van der Waals surface area contributed by atoms with E-state index in [0.717, 1.165) is 11.3 Å². The van der Waals surface area contributed by atoms with E-state index in [9.17, 15) is 10.1 Å². The molecule has 0 saturated carbocycles.